The molecule has 0 saturated carbocycles. The summed E-state index contributed by atoms with van der Waals surface area (Å²) in [5, 5.41) is 3.37. The van der Waals surface area contributed by atoms with E-state index in [4.69, 9.17) is 4.74 Å². The first-order valence-electron chi connectivity index (χ1n) is 6.07. The molecule has 17 heavy (non-hydrogen) atoms. The predicted molar refractivity (Wildman–Crippen MR) is 69.4 cm³/mol. The van der Waals surface area contributed by atoms with Gasteiger partial charge in [-0.15, -0.1) is 0 Å². The van der Waals surface area contributed by atoms with E-state index in [1.807, 2.05) is 6.92 Å². The summed E-state index contributed by atoms with van der Waals surface area (Å²) >= 11 is 0. The smallest absolute Gasteiger partial charge is 0.125 e. The molecule has 1 atom stereocenters. The monoisotopic (exact) mass is 237 g/mol. The molecule has 0 aromatic carbocycles. The number of methoxy groups -OCH3 is 1. The van der Waals surface area contributed by atoms with Crippen molar-refractivity contribution in [2.75, 3.05) is 26.8 Å². The molecule has 1 aromatic heterocycles. The largest absolute Gasteiger partial charge is 0.383 e. The fourth-order valence-electron chi connectivity index (χ4n) is 2.20. The molecule has 0 amide bonds. The Labute approximate surface area is 104 Å². The minimum Gasteiger partial charge on any atom is -0.383 e. The first kappa shape index (κ1) is 14.1. The second kappa shape index (κ2) is 6.67. The summed E-state index contributed by atoms with van der Waals surface area (Å²) in [6.07, 6.45) is 0. The molecule has 0 saturated heterocycles. The van der Waals surface area contributed by atoms with E-state index in [9.17, 15) is 0 Å². The minimum absolute atomic E-state index is 0.424. The van der Waals surface area contributed by atoms with Gasteiger partial charge in [-0.1, -0.05) is 6.92 Å². The van der Waals surface area contributed by atoms with Crippen LogP contribution in [0.15, 0.2) is 0 Å². The van der Waals surface area contributed by atoms with Crippen LogP contribution in [0.3, 0.4) is 0 Å². The van der Waals surface area contributed by atoms with Crippen molar-refractivity contribution in [1.82, 2.24) is 15.3 Å². The molecule has 0 fully saturated rings. The molecule has 1 N–H and O–H groups in total. The highest BCUT2D eigenvalue weighted by molar-refractivity contribution is 5.28. The molecule has 0 bridgehead atoms. The molecule has 96 valence electrons. The van der Waals surface area contributed by atoms with E-state index < -0.39 is 0 Å². The number of ether oxygens (including phenoxy) is 1. The van der Waals surface area contributed by atoms with Crippen molar-refractivity contribution < 1.29 is 4.74 Å². The molecule has 1 aromatic rings. The summed E-state index contributed by atoms with van der Waals surface area (Å²) in [5.41, 5.74) is 3.45. The predicted octanol–water partition coefficient (Wildman–Crippen LogP) is 1.74. The molecule has 0 spiro atoms. The lowest BCUT2D eigenvalue weighted by Gasteiger charge is -2.17. The Balaban J connectivity index is 2.65. The van der Waals surface area contributed by atoms with Gasteiger partial charge in [-0.2, -0.15) is 0 Å². The van der Waals surface area contributed by atoms with Crippen LogP contribution in [0.2, 0.25) is 0 Å². The van der Waals surface area contributed by atoms with Gasteiger partial charge in [-0.3, -0.25) is 0 Å². The minimum atomic E-state index is 0.424. The van der Waals surface area contributed by atoms with Crippen molar-refractivity contribution in [1.29, 1.82) is 0 Å². The van der Waals surface area contributed by atoms with Gasteiger partial charge in [0.2, 0.25) is 0 Å². The molecular weight excluding hydrogens is 214 g/mol. The average Bonchev–Trinajstić information content (AvgIpc) is 2.23. The van der Waals surface area contributed by atoms with Crippen LogP contribution < -0.4 is 5.32 Å². The van der Waals surface area contributed by atoms with Gasteiger partial charge in [-0.05, 0) is 32.3 Å². The Hall–Kier alpha value is -1.00. The molecular formula is C13H23N3O. The first-order valence-corrected chi connectivity index (χ1v) is 6.07. The van der Waals surface area contributed by atoms with E-state index in [0.717, 1.165) is 36.9 Å². The lowest BCUT2D eigenvalue weighted by Crippen LogP contribution is -2.25. The van der Waals surface area contributed by atoms with E-state index in [1.165, 1.54) is 5.56 Å². The molecule has 4 nitrogen and oxygen atoms in total. The van der Waals surface area contributed by atoms with Gasteiger partial charge in [0.05, 0.1) is 6.61 Å². The molecule has 1 heterocycles. The topological polar surface area (TPSA) is 47.0 Å². The fraction of sp³-hybridized carbons (Fsp3) is 0.692. The third-order valence-corrected chi connectivity index (χ3v) is 2.86. The van der Waals surface area contributed by atoms with Crippen molar-refractivity contribution >= 4 is 0 Å². The zero-order chi connectivity index (χ0) is 12.8. The Morgan fingerprint density at radius 1 is 1.18 bits per heavy atom. The average molecular weight is 237 g/mol. The van der Waals surface area contributed by atoms with Crippen LogP contribution in [-0.4, -0.2) is 36.8 Å². The number of rotatable bonds is 6. The van der Waals surface area contributed by atoms with Gasteiger partial charge in [0.15, 0.2) is 0 Å². The van der Waals surface area contributed by atoms with Crippen LogP contribution >= 0.6 is 0 Å². The zero-order valence-electron chi connectivity index (χ0n) is 11.5. The van der Waals surface area contributed by atoms with Crippen LogP contribution in [0.5, 0.6) is 0 Å². The molecule has 0 radical (unpaired) electrons. The standard InChI is InChI=1S/C13H23N3O/c1-9(8-14-6-7-17-5)13-10(2)15-12(4)16-11(13)3/h9,14H,6-8H2,1-5H3. The highest BCUT2D eigenvalue weighted by Crippen LogP contribution is 2.20. The Kier molecular flexibility index (Phi) is 5.51. The number of aromatic nitrogens is 2. The van der Waals surface area contributed by atoms with Crippen molar-refractivity contribution in [3.8, 4) is 0 Å². The zero-order valence-corrected chi connectivity index (χ0v) is 11.5. The SMILES string of the molecule is COCCNCC(C)c1c(C)nc(C)nc1C. The highest BCUT2D eigenvalue weighted by atomic mass is 16.5. The summed E-state index contributed by atoms with van der Waals surface area (Å²) in [5.74, 6) is 1.27. The molecule has 1 unspecified atom stereocenters. The maximum absolute atomic E-state index is 5.01. The van der Waals surface area contributed by atoms with E-state index >= 15 is 0 Å². The third-order valence-electron chi connectivity index (χ3n) is 2.86. The lowest BCUT2D eigenvalue weighted by molar-refractivity contribution is 0.199. The fourth-order valence-corrected chi connectivity index (χ4v) is 2.20. The molecule has 4 heteroatoms. The summed E-state index contributed by atoms with van der Waals surface area (Å²) < 4.78 is 5.01. The maximum atomic E-state index is 5.01. The second-order valence-electron chi connectivity index (χ2n) is 4.45. The normalized spacial score (nSPS) is 12.8. The number of nitrogens with zero attached hydrogens (tertiary/aromatic N) is 2. The van der Waals surface area contributed by atoms with Gasteiger partial charge in [0, 0.05) is 31.6 Å². The van der Waals surface area contributed by atoms with E-state index in [0.29, 0.717) is 5.92 Å². The van der Waals surface area contributed by atoms with Gasteiger partial charge in [0.25, 0.3) is 0 Å². The van der Waals surface area contributed by atoms with Crippen molar-refractivity contribution in [2.24, 2.45) is 0 Å². The van der Waals surface area contributed by atoms with Gasteiger partial charge in [-0.25, -0.2) is 9.97 Å². The lowest BCUT2D eigenvalue weighted by atomic mass is 9.98. The number of hydrogen-bond donors (Lipinski definition) is 1. The summed E-state index contributed by atoms with van der Waals surface area (Å²) in [6, 6.07) is 0. The van der Waals surface area contributed by atoms with Crippen molar-refractivity contribution in [3.63, 3.8) is 0 Å². The van der Waals surface area contributed by atoms with Crippen LogP contribution in [0, 0.1) is 20.8 Å². The third kappa shape index (κ3) is 4.06. The van der Waals surface area contributed by atoms with Crippen LogP contribution in [0.4, 0.5) is 0 Å². The Bertz CT molecular complexity index is 343. The van der Waals surface area contributed by atoms with E-state index in [2.05, 4.69) is 36.1 Å². The van der Waals surface area contributed by atoms with Crippen LogP contribution in [0.25, 0.3) is 0 Å². The van der Waals surface area contributed by atoms with E-state index in [-0.39, 0.29) is 0 Å². The Morgan fingerprint density at radius 2 is 1.76 bits per heavy atom. The van der Waals surface area contributed by atoms with E-state index in [1.54, 1.807) is 7.11 Å². The second-order valence-corrected chi connectivity index (χ2v) is 4.45. The molecule has 0 aliphatic heterocycles. The van der Waals surface area contributed by atoms with Gasteiger partial charge < -0.3 is 10.1 Å². The Morgan fingerprint density at radius 3 is 2.29 bits per heavy atom. The summed E-state index contributed by atoms with van der Waals surface area (Å²) in [4.78, 5) is 8.87. The highest BCUT2D eigenvalue weighted by Gasteiger charge is 2.13. The number of hydrogen-bond acceptors (Lipinski definition) is 4. The quantitative estimate of drug-likeness (QED) is 0.766. The van der Waals surface area contributed by atoms with Crippen molar-refractivity contribution in [2.45, 2.75) is 33.6 Å². The maximum Gasteiger partial charge on any atom is 0.125 e. The number of nitrogens with one attached hydrogen (secondary N) is 1. The van der Waals surface area contributed by atoms with Gasteiger partial charge >= 0.3 is 0 Å². The van der Waals surface area contributed by atoms with Gasteiger partial charge in [0.1, 0.15) is 5.82 Å². The molecule has 0 aliphatic carbocycles. The molecule has 1 rings (SSSR count). The van der Waals surface area contributed by atoms with Crippen molar-refractivity contribution in [3.05, 3.63) is 22.8 Å². The summed E-state index contributed by atoms with van der Waals surface area (Å²) in [6.45, 7) is 10.8. The first-order chi connectivity index (χ1) is 8.06. The molecule has 0 aliphatic rings. The number of aryl methyl sites for hydroxylation is 3. The van der Waals surface area contributed by atoms with Crippen LogP contribution in [0.1, 0.15) is 35.6 Å². The summed E-state index contributed by atoms with van der Waals surface area (Å²) in [7, 11) is 1.72. The van der Waals surface area contributed by atoms with Crippen LogP contribution in [-0.2, 0) is 4.74 Å².